The van der Waals surface area contributed by atoms with Gasteiger partial charge in [-0.2, -0.15) is 0 Å². The highest BCUT2D eigenvalue weighted by Gasteiger charge is 2.04. The van der Waals surface area contributed by atoms with Crippen LogP contribution in [0.5, 0.6) is 5.75 Å². The van der Waals surface area contributed by atoms with Gasteiger partial charge in [-0.05, 0) is 17.7 Å². The van der Waals surface area contributed by atoms with E-state index in [2.05, 4.69) is 9.97 Å². The van der Waals surface area contributed by atoms with Crippen LogP contribution >= 0.6 is 0 Å². The Bertz CT molecular complexity index is 529. The number of ether oxygens (including phenoxy) is 1. The molecular weight excluding hydrogens is 232 g/mol. The summed E-state index contributed by atoms with van der Waals surface area (Å²) in [5.41, 5.74) is 1.19. The van der Waals surface area contributed by atoms with E-state index in [0.29, 0.717) is 18.8 Å². The third-order valence-corrected chi connectivity index (χ3v) is 2.34. The molecule has 5 nitrogen and oxygen atoms in total. The van der Waals surface area contributed by atoms with Crippen molar-refractivity contribution in [1.82, 2.24) is 9.97 Å². The van der Waals surface area contributed by atoms with E-state index in [4.69, 9.17) is 9.84 Å². The summed E-state index contributed by atoms with van der Waals surface area (Å²) in [6.07, 6.45) is 6.98. The van der Waals surface area contributed by atoms with Crippen LogP contribution in [-0.2, 0) is 6.42 Å². The van der Waals surface area contributed by atoms with Gasteiger partial charge in [0.15, 0.2) is 0 Å². The van der Waals surface area contributed by atoms with Crippen LogP contribution in [0.25, 0.3) is 0 Å². The van der Waals surface area contributed by atoms with Gasteiger partial charge in [-0.15, -0.1) is 0 Å². The molecule has 2 heterocycles. The highest BCUT2D eigenvalue weighted by molar-refractivity contribution is 5.87. The van der Waals surface area contributed by atoms with Crippen LogP contribution in [0.15, 0.2) is 43.0 Å². The van der Waals surface area contributed by atoms with Gasteiger partial charge in [-0.3, -0.25) is 9.97 Å². The van der Waals surface area contributed by atoms with Crippen molar-refractivity contribution >= 4 is 5.97 Å². The fraction of sp³-hybridized carbons (Fsp3) is 0.154. The van der Waals surface area contributed by atoms with Crippen LogP contribution < -0.4 is 4.74 Å². The number of carbonyl (C=O) groups is 1. The van der Waals surface area contributed by atoms with Crippen molar-refractivity contribution in [2.45, 2.75) is 6.42 Å². The summed E-state index contributed by atoms with van der Waals surface area (Å²) in [4.78, 5) is 18.6. The second-order valence-electron chi connectivity index (χ2n) is 3.67. The summed E-state index contributed by atoms with van der Waals surface area (Å²) in [5.74, 6) is -0.556. The van der Waals surface area contributed by atoms with Crippen LogP contribution in [0.3, 0.4) is 0 Å². The summed E-state index contributed by atoms with van der Waals surface area (Å²) in [5, 5.41) is 8.81. The molecule has 0 amide bonds. The Labute approximate surface area is 104 Å². The van der Waals surface area contributed by atoms with E-state index in [-0.39, 0.29) is 5.56 Å². The summed E-state index contributed by atoms with van der Waals surface area (Å²) in [6, 6.07) is 5.28. The van der Waals surface area contributed by atoms with Gasteiger partial charge in [0.05, 0.1) is 18.4 Å². The van der Waals surface area contributed by atoms with Crippen LogP contribution in [-0.4, -0.2) is 27.7 Å². The molecule has 0 radical (unpaired) electrons. The highest BCUT2D eigenvalue weighted by Crippen LogP contribution is 2.11. The molecule has 0 aliphatic carbocycles. The summed E-state index contributed by atoms with van der Waals surface area (Å²) < 4.78 is 5.45. The molecule has 0 fully saturated rings. The number of carboxylic acid groups (broad SMARTS) is 1. The normalized spacial score (nSPS) is 10.0. The Morgan fingerprint density at radius 1 is 1.28 bits per heavy atom. The standard InChI is InChI=1S/C13H12N2O3/c16-13(17)11-6-12(9-15-8-11)18-5-3-10-2-1-4-14-7-10/h1-2,4,6-9H,3,5H2,(H,16,17). The minimum atomic E-state index is -1.01. The van der Waals surface area contributed by atoms with Gasteiger partial charge >= 0.3 is 5.97 Å². The highest BCUT2D eigenvalue weighted by atomic mass is 16.5. The van der Waals surface area contributed by atoms with Crippen molar-refractivity contribution < 1.29 is 14.6 Å². The molecule has 0 bridgehead atoms. The van der Waals surface area contributed by atoms with Crippen molar-refractivity contribution in [1.29, 1.82) is 0 Å². The third kappa shape index (κ3) is 3.28. The first-order valence-corrected chi connectivity index (χ1v) is 5.46. The van der Waals surface area contributed by atoms with Crippen molar-refractivity contribution in [2.24, 2.45) is 0 Å². The molecular formula is C13H12N2O3. The summed E-state index contributed by atoms with van der Waals surface area (Å²) >= 11 is 0. The zero-order valence-electron chi connectivity index (χ0n) is 9.61. The Morgan fingerprint density at radius 3 is 2.89 bits per heavy atom. The van der Waals surface area contributed by atoms with E-state index in [1.165, 1.54) is 18.5 Å². The SMILES string of the molecule is O=C(O)c1cncc(OCCc2cccnc2)c1. The Kier molecular flexibility index (Phi) is 3.86. The number of hydrogen-bond donors (Lipinski definition) is 1. The summed E-state index contributed by atoms with van der Waals surface area (Å²) in [7, 11) is 0. The maximum atomic E-state index is 10.7. The first-order chi connectivity index (χ1) is 8.75. The second kappa shape index (κ2) is 5.77. The molecule has 92 valence electrons. The molecule has 2 rings (SSSR count). The fourth-order valence-corrected chi connectivity index (χ4v) is 1.45. The quantitative estimate of drug-likeness (QED) is 0.868. The van der Waals surface area contributed by atoms with Crippen molar-refractivity contribution in [3.05, 3.63) is 54.1 Å². The lowest BCUT2D eigenvalue weighted by molar-refractivity contribution is 0.0696. The lowest BCUT2D eigenvalue weighted by atomic mass is 10.2. The molecule has 0 aliphatic rings. The first-order valence-electron chi connectivity index (χ1n) is 5.46. The maximum absolute atomic E-state index is 10.7. The van der Waals surface area contributed by atoms with Crippen LogP contribution in [0.4, 0.5) is 0 Å². The number of hydrogen-bond acceptors (Lipinski definition) is 4. The predicted molar refractivity (Wildman–Crippen MR) is 64.6 cm³/mol. The van der Waals surface area contributed by atoms with Crippen molar-refractivity contribution in [3.8, 4) is 5.75 Å². The van der Waals surface area contributed by atoms with E-state index in [1.807, 2.05) is 12.1 Å². The number of carboxylic acids is 1. The molecule has 0 atom stereocenters. The van der Waals surface area contributed by atoms with Gasteiger partial charge in [-0.1, -0.05) is 6.07 Å². The number of aromatic carboxylic acids is 1. The van der Waals surface area contributed by atoms with Crippen LogP contribution in [0.2, 0.25) is 0 Å². The van der Waals surface area contributed by atoms with Gasteiger partial charge in [-0.25, -0.2) is 4.79 Å². The Morgan fingerprint density at radius 2 is 2.17 bits per heavy atom. The Hall–Kier alpha value is -2.43. The number of pyridine rings is 2. The fourth-order valence-electron chi connectivity index (χ4n) is 1.45. The van der Waals surface area contributed by atoms with Gasteiger partial charge in [0.25, 0.3) is 0 Å². The lowest BCUT2D eigenvalue weighted by Gasteiger charge is -2.06. The zero-order valence-corrected chi connectivity index (χ0v) is 9.61. The van der Waals surface area contributed by atoms with Crippen LogP contribution in [0, 0.1) is 0 Å². The smallest absolute Gasteiger partial charge is 0.337 e. The number of nitrogens with zero attached hydrogens (tertiary/aromatic N) is 2. The average molecular weight is 244 g/mol. The summed E-state index contributed by atoms with van der Waals surface area (Å²) in [6.45, 7) is 0.455. The minimum absolute atomic E-state index is 0.119. The Balaban J connectivity index is 1.90. The molecule has 0 aromatic carbocycles. The molecule has 5 heteroatoms. The van der Waals surface area contributed by atoms with Gasteiger partial charge in [0, 0.05) is 25.0 Å². The monoisotopic (exact) mass is 244 g/mol. The zero-order chi connectivity index (χ0) is 12.8. The predicted octanol–water partition coefficient (Wildman–Crippen LogP) is 1.80. The van der Waals surface area contributed by atoms with E-state index in [9.17, 15) is 4.79 Å². The molecule has 18 heavy (non-hydrogen) atoms. The molecule has 0 spiro atoms. The largest absolute Gasteiger partial charge is 0.492 e. The maximum Gasteiger partial charge on any atom is 0.337 e. The molecule has 0 saturated carbocycles. The number of rotatable bonds is 5. The van der Waals surface area contributed by atoms with Gasteiger partial charge in [0.1, 0.15) is 5.75 Å². The minimum Gasteiger partial charge on any atom is -0.492 e. The molecule has 0 saturated heterocycles. The topological polar surface area (TPSA) is 72.3 Å². The molecule has 0 unspecified atom stereocenters. The first kappa shape index (κ1) is 12.0. The molecule has 2 aromatic rings. The molecule has 2 aromatic heterocycles. The van der Waals surface area contributed by atoms with E-state index in [0.717, 1.165) is 5.56 Å². The van der Waals surface area contributed by atoms with Crippen LogP contribution in [0.1, 0.15) is 15.9 Å². The van der Waals surface area contributed by atoms with Gasteiger partial charge < -0.3 is 9.84 Å². The van der Waals surface area contributed by atoms with Crippen molar-refractivity contribution in [2.75, 3.05) is 6.61 Å². The average Bonchev–Trinajstić information content (AvgIpc) is 2.40. The second-order valence-corrected chi connectivity index (χ2v) is 3.67. The van der Waals surface area contributed by atoms with E-state index >= 15 is 0 Å². The van der Waals surface area contributed by atoms with E-state index in [1.54, 1.807) is 12.4 Å². The van der Waals surface area contributed by atoms with E-state index < -0.39 is 5.97 Å². The molecule has 1 N–H and O–H groups in total. The third-order valence-electron chi connectivity index (χ3n) is 2.34. The number of aromatic nitrogens is 2. The molecule has 0 aliphatic heterocycles. The van der Waals surface area contributed by atoms with Gasteiger partial charge in [0.2, 0.25) is 0 Å². The lowest BCUT2D eigenvalue weighted by Crippen LogP contribution is -2.03. The van der Waals surface area contributed by atoms with Crippen molar-refractivity contribution in [3.63, 3.8) is 0 Å².